The zero-order valence-electron chi connectivity index (χ0n) is 9.44. The van der Waals surface area contributed by atoms with E-state index in [9.17, 15) is 0 Å². The third-order valence-electron chi connectivity index (χ3n) is 3.97. The maximum absolute atomic E-state index is 5.55. The Morgan fingerprint density at radius 1 is 1.38 bits per heavy atom. The second-order valence-electron chi connectivity index (χ2n) is 4.50. The number of hydrogen-bond donors (Lipinski definition) is 0. The smallest absolute Gasteiger partial charge is 0.145 e. The van der Waals surface area contributed by atoms with E-state index in [1.54, 1.807) is 0 Å². The second-order valence-corrected chi connectivity index (χ2v) is 5.08. The minimum atomic E-state index is 0.550. The van der Waals surface area contributed by atoms with E-state index in [0.29, 0.717) is 5.41 Å². The third kappa shape index (κ3) is 2.35. The van der Waals surface area contributed by atoms with Crippen LogP contribution in [0, 0.1) is 11.3 Å². The Kier molecular flexibility index (Phi) is 4.46. The largest absolute Gasteiger partial charge is 0.427 e. The number of rotatable bonds is 4. The SMILES string of the molecule is CCC1CCCCC1(CC)CO[SiH3]. The van der Waals surface area contributed by atoms with Crippen LogP contribution in [0.25, 0.3) is 0 Å². The van der Waals surface area contributed by atoms with E-state index >= 15 is 0 Å². The third-order valence-corrected chi connectivity index (χ3v) is 4.26. The van der Waals surface area contributed by atoms with Gasteiger partial charge >= 0.3 is 0 Å². The standard InChI is InChI=1S/C11H24OSi/c1-3-10-7-5-6-8-11(10,4-2)9-12-13/h10H,3-9H2,1-2,13H3. The van der Waals surface area contributed by atoms with Gasteiger partial charge in [0.05, 0.1) is 0 Å². The maximum Gasteiger partial charge on any atom is 0.145 e. The molecule has 0 spiro atoms. The van der Waals surface area contributed by atoms with Gasteiger partial charge in [0.1, 0.15) is 10.5 Å². The van der Waals surface area contributed by atoms with Gasteiger partial charge in [0, 0.05) is 6.61 Å². The van der Waals surface area contributed by atoms with Gasteiger partial charge in [-0.05, 0) is 30.6 Å². The molecular weight excluding hydrogens is 176 g/mol. The molecule has 13 heavy (non-hydrogen) atoms. The van der Waals surface area contributed by atoms with Gasteiger partial charge in [0.2, 0.25) is 0 Å². The molecule has 1 saturated carbocycles. The summed E-state index contributed by atoms with van der Waals surface area (Å²) in [6.45, 7) is 5.72. The van der Waals surface area contributed by atoms with Gasteiger partial charge in [-0.15, -0.1) is 0 Å². The summed E-state index contributed by atoms with van der Waals surface area (Å²) in [6.07, 6.45) is 8.38. The average Bonchev–Trinajstić information content (AvgIpc) is 2.19. The molecule has 1 aliphatic carbocycles. The highest BCUT2D eigenvalue weighted by Gasteiger charge is 2.37. The molecule has 0 amide bonds. The average molecular weight is 200 g/mol. The van der Waals surface area contributed by atoms with Crippen molar-refractivity contribution in [3.8, 4) is 0 Å². The molecular formula is C11H24OSi. The van der Waals surface area contributed by atoms with Crippen LogP contribution in [-0.2, 0) is 4.43 Å². The lowest BCUT2D eigenvalue weighted by Gasteiger charge is -2.43. The van der Waals surface area contributed by atoms with Crippen LogP contribution in [-0.4, -0.2) is 17.1 Å². The summed E-state index contributed by atoms with van der Waals surface area (Å²) in [5.41, 5.74) is 0.550. The Labute approximate surface area is 85.8 Å². The highest BCUT2D eigenvalue weighted by molar-refractivity contribution is 5.97. The van der Waals surface area contributed by atoms with Crippen LogP contribution in [0.3, 0.4) is 0 Å². The Morgan fingerprint density at radius 3 is 2.69 bits per heavy atom. The summed E-state index contributed by atoms with van der Waals surface area (Å²) in [7, 11) is 0.904. The van der Waals surface area contributed by atoms with Crippen LogP contribution >= 0.6 is 0 Å². The van der Waals surface area contributed by atoms with Gasteiger partial charge < -0.3 is 4.43 Å². The van der Waals surface area contributed by atoms with E-state index in [4.69, 9.17) is 4.43 Å². The predicted octanol–water partition coefficient (Wildman–Crippen LogP) is 2.28. The van der Waals surface area contributed by atoms with Gasteiger partial charge in [-0.25, -0.2) is 0 Å². The molecule has 0 aromatic rings. The van der Waals surface area contributed by atoms with Gasteiger partial charge in [0.15, 0.2) is 0 Å². The first-order valence-electron chi connectivity index (χ1n) is 5.78. The molecule has 0 bridgehead atoms. The van der Waals surface area contributed by atoms with Crippen molar-refractivity contribution in [2.75, 3.05) is 6.61 Å². The summed E-state index contributed by atoms with van der Waals surface area (Å²) in [5.74, 6) is 0.931. The van der Waals surface area contributed by atoms with Crippen LogP contribution < -0.4 is 0 Å². The molecule has 1 fully saturated rings. The Balaban J connectivity index is 2.66. The minimum absolute atomic E-state index is 0.550. The highest BCUT2D eigenvalue weighted by atomic mass is 28.2. The Bertz CT molecular complexity index is 145. The fourth-order valence-corrected chi connectivity index (χ4v) is 3.64. The molecule has 1 nitrogen and oxygen atoms in total. The molecule has 0 saturated heterocycles. The zero-order chi connectivity index (χ0) is 9.73. The monoisotopic (exact) mass is 200 g/mol. The quantitative estimate of drug-likeness (QED) is 0.633. The van der Waals surface area contributed by atoms with E-state index in [0.717, 1.165) is 23.0 Å². The van der Waals surface area contributed by atoms with Crippen molar-refractivity contribution < 1.29 is 4.43 Å². The second kappa shape index (κ2) is 5.16. The van der Waals surface area contributed by atoms with E-state index in [1.165, 1.54) is 38.5 Å². The molecule has 1 rings (SSSR count). The van der Waals surface area contributed by atoms with Crippen LogP contribution in [0.15, 0.2) is 0 Å². The van der Waals surface area contributed by atoms with Gasteiger partial charge in [-0.2, -0.15) is 0 Å². The maximum atomic E-state index is 5.55. The molecule has 0 aliphatic heterocycles. The first-order valence-corrected chi connectivity index (χ1v) is 6.59. The summed E-state index contributed by atoms with van der Waals surface area (Å²) in [4.78, 5) is 0. The molecule has 0 heterocycles. The molecule has 2 heteroatoms. The van der Waals surface area contributed by atoms with Crippen LogP contribution in [0.1, 0.15) is 52.4 Å². The fraction of sp³-hybridized carbons (Fsp3) is 1.00. The van der Waals surface area contributed by atoms with Crippen molar-refractivity contribution >= 4 is 10.5 Å². The molecule has 0 radical (unpaired) electrons. The van der Waals surface area contributed by atoms with E-state index in [1.807, 2.05) is 0 Å². The van der Waals surface area contributed by atoms with Crippen molar-refractivity contribution in [3.05, 3.63) is 0 Å². The molecule has 78 valence electrons. The summed E-state index contributed by atoms with van der Waals surface area (Å²) < 4.78 is 5.55. The molecule has 1 aliphatic rings. The normalized spacial score (nSPS) is 35.1. The fourth-order valence-electron chi connectivity index (χ4n) is 3.06. The summed E-state index contributed by atoms with van der Waals surface area (Å²) in [6, 6.07) is 0. The molecule has 2 unspecified atom stereocenters. The first-order chi connectivity index (χ1) is 6.29. The van der Waals surface area contributed by atoms with Crippen molar-refractivity contribution in [3.63, 3.8) is 0 Å². The molecule has 2 atom stereocenters. The Morgan fingerprint density at radius 2 is 2.15 bits per heavy atom. The molecule has 0 aromatic heterocycles. The number of hydrogen-bond acceptors (Lipinski definition) is 1. The molecule has 0 aromatic carbocycles. The van der Waals surface area contributed by atoms with Crippen LogP contribution in [0.4, 0.5) is 0 Å². The lowest BCUT2D eigenvalue weighted by molar-refractivity contribution is 0.0317. The van der Waals surface area contributed by atoms with Crippen molar-refractivity contribution in [1.29, 1.82) is 0 Å². The van der Waals surface area contributed by atoms with Gasteiger partial charge in [-0.3, -0.25) is 0 Å². The zero-order valence-corrected chi connectivity index (χ0v) is 11.4. The topological polar surface area (TPSA) is 9.23 Å². The van der Waals surface area contributed by atoms with E-state index < -0.39 is 0 Å². The Hall–Kier alpha value is 0.177. The van der Waals surface area contributed by atoms with E-state index in [-0.39, 0.29) is 0 Å². The highest BCUT2D eigenvalue weighted by Crippen LogP contribution is 2.45. The van der Waals surface area contributed by atoms with Crippen LogP contribution in [0.2, 0.25) is 0 Å². The van der Waals surface area contributed by atoms with Gasteiger partial charge in [0.25, 0.3) is 0 Å². The van der Waals surface area contributed by atoms with Gasteiger partial charge in [-0.1, -0.05) is 33.1 Å². The van der Waals surface area contributed by atoms with E-state index in [2.05, 4.69) is 13.8 Å². The summed E-state index contributed by atoms with van der Waals surface area (Å²) >= 11 is 0. The first kappa shape index (κ1) is 11.3. The predicted molar refractivity (Wildman–Crippen MR) is 60.9 cm³/mol. The summed E-state index contributed by atoms with van der Waals surface area (Å²) in [5, 5.41) is 0. The molecule has 0 N–H and O–H groups in total. The minimum Gasteiger partial charge on any atom is -0.427 e. The van der Waals surface area contributed by atoms with Crippen molar-refractivity contribution in [2.45, 2.75) is 52.4 Å². The lowest BCUT2D eigenvalue weighted by Crippen LogP contribution is -2.37. The lowest BCUT2D eigenvalue weighted by atomic mass is 9.64. The van der Waals surface area contributed by atoms with Crippen molar-refractivity contribution in [1.82, 2.24) is 0 Å². The van der Waals surface area contributed by atoms with Crippen LogP contribution in [0.5, 0.6) is 0 Å². The van der Waals surface area contributed by atoms with Crippen molar-refractivity contribution in [2.24, 2.45) is 11.3 Å².